The molecule has 0 radical (unpaired) electrons. The molecule has 0 unspecified atom stereocenters. The summed E-state index contributed by atoms with van der Waals surface area (Å²) in [4.78, 5) is 14.9. The predicted octanol–water partition coefficient (Wildman–Crippen LogP) is 2.84. The molecule has 0 atom stereocenters. The molecular formula is C15H27NO2. The molecule has 1 aliphatic heterocycles. The molecule has 2 fully saturated rings. The van der Waals surface area contributed by atoms with Crippen molar-refractivity contribution in [2.75, 3.05) is 26.3 Å². The van der Waals surface area contributed by atoms with Gasteiger partial charge in [0.1, 0.15) is 0 Å². The molecule has 3 heteroatoms. The van der Waals surface area contributed by atoms with Crippen molar-refractivity contribution in [1.82, 2.24) is 4.90 Å². The van der Waals surface area contributed by atoms with Gasteiger partial charge < -0.3 is 9.64 Å². The average molecular weight is 253 g/mol. The first-order valence-electron chi connectivity index (χ1n) is 7.51. The van der Waals surface area contributed by atoms with Crippen molar-refractivity contribution in [3.63, 3.8) is 0 Å². The molecule has 3 nitrogen and oxygen atoms in total. The SMILES string of the molecule is CC(C)CC1(C(=O)N2CCOCC2)CCCCC1. The van der Waals surface area contributed by atoms with Crippen LogP contribution in [0.3, 0.4) is 0 Å². The first kappa shape index (κ1) is 13.9. The second-order valence-corrected chi connectivity index (χ2v) is 6.34. The van der Waals surface area contributed by atoms with Gasteiger partial charge in [-0.25, -0.2) is 0 Å². The van der Waals surface area contributed by atoms with Gasteiger partial charge in [-0.3, -0.25) is 4.79 Å². The maximum Gasteiger partial charge on any atom is 0.228 e. The van der Waals surface area contributed by atoms with Crippen LogP contribution in [0.4, 0.5) is 0 Å². The number of amides is 1. The normalized spacial score (nSPS) is 24.3. The Morgan fingerprint density at radius 2 is 1.78 bits per heavy atom. The Balaban J connectivity index is 2.08. The van der Waals surface area contributed by atoms with E-state index in [1.54, 1.807) is 0 Å². The highest BCUT2D eigenvalue weighted by Crippen LogP contribution is 2.43. The lowest BCUT2D eigenvalue weighted by atomic mass is 9.68. The molecule has 104 valence electrons. The van der Waals surface area contributed by atoms with Gasteiger partial charge in [0.25, 0.3) is 0 Å². The molecular weight excluding hydrogens is 226 g/mol. The first-order chi connectivity index (χ1) is 8.64. The summed E-state index contributed by atoms with van der Waals surface area (Å²) in [6.45, 7) is 7.48. The molecule has 0 N–H and O–H groups in total. The molecule has 0 spiro atoms. The van der Waals surface area contributed by atoms with E-state index in [-0.39, 0.29) is 5.41 Å². The van der Waals surface area contributed by atoms with Gasteiger partial charge in [0.05, 0.1) is 13.2 Å². The smallest absolute Gasteiger partial charge is 0.228 e. The second-order valence-electron chi connectivity index (χ2n) is 6.34. The van der Waals surface area contributed by atoms with Gasteiger partial charge in [0.15, 0.2) is 0 Å². The summed E-state index contributed by atoms with van der Waals surface area (Å²) in [6.07, 6.45) is 7.01. The number of ether oxygens (including phenoxy) is 1. The maximum atomic E-state index is 12.9. The van der Waals surface area contributed by atoms with Crippen LogP contribution in [-0.4, -0.2) is 37.1 Å². The van der Waals surface area contributed by atoms with Crippen LogP contribution in [0.5, 0.6) is 0 Å². The second kappa shape index (κ2) is 6.05. The monoisotopic (exact) mass is 253 g/mol. The highest BCUT2D eigenvalue weighted by Gasteiger charge is 2.42. The van der Waals surface area contributed by atoms with Crippen LogP contribution in [0.1, 0.15) is 52.4 Å². The molecule has 1 amide bonds. The summed E-state index contributed by atoms with van der Waals surface area (Å²) in [5.74, 6) is 1.02. The van der Waals surface area contributed by atoms with Crippen LogP contribution in [0.2, 0.25) is 0 Å². The fourth-order valence-electron chi connectivity index (χ4n) is 3.62. The molecule has 0 aromatic rings. The summed E-state index contributed by atoms with van der Waals surface area (Å²) in [6, 6.07) is 0. The number of hydrogen-bond donors (Lipinski definition) is 0. The van der Waals surface area contributed by atoms with E-state index in [4.69, 9.17) is 4.74 Å². The van der Waals surface area contributed by atoms with E-state index in [2.05, 4.69) is 18.7 Å². The molecule has 1 saturated heterocycles. The number of rotatable bonds is 3. The summed E-state index contributed by atoms with van der Waals surface area (Å²) in [7, 11) is 0. The Morgan fingerprint density at radius 1 is 1.17 bits per heavy atom. The summed E-state index contributed by atoms with van der Waals surface area (Å²) < 4.78 is 5.36. The molecule has 2 aliphatic rings. The molecule has 0 bridgehead atoms. The molecule has 1 heterocycles. The fourth-order valence-corrected chi connectivity index (χ4v) is 3.62. The molecule has 1 saturated carbocycles. The van der Waals surface area contributed by atoms with Gasteiger partial charge in [0, 0.05) is 18.5 Å². The number of carbonyl (C=O) groups excluding carboxylic acids is 1. The Hall–Kier alpha value is -0.570. The van der Waals surface area contributed by atoms with Crippen LogP contribution < -0.4 is 0 Å². The molecule has 0 aromatic carbocycles. The van der Waals surface area contributed by atoms with Crippen LogP contribution >= 0.6 is 0 Å². The number of hydrogen-bond acceptors (Lipinski definition) is 2. The predicted molar refractivity (Wildman–Crippen MR) is 72.4 cm³/mol. The van der Waals surface area contributed by atoms with E-state index < -0.39 is 0 Å². The zero-order valence-corrected chi connectivity index (χ0v) is 11.9. The third-order valence-electron chi connectivity index (χ3n) is 4.36. The van der Waals surface area contributed by atoms with Crippen molar-refractivity contribution in [2.45, 2.75) is 52.4 Å². The Labute approximate surface area is 111 Å². The first-order valence-corrected chi connectivity index (χ1v) is 7.51. The highest BCUT2D eigenvalue weighted by molar-refractivity contribution is 5.83. The Bertz CT molecular complexity index is 276. The van der Waals surface area contributed by atoms with Crippen LogP contribution in [0.25, 0.3) is 0 Å². The molecule has 0 aromatic heterocycles. The van der Waals surface area contributed by atoms with Crippen LogP contribution in [0, 0.1) is 11.3 Å². The van der Waals surface area contributed by atoms with E-state index in [0.717, 1.165) is 32.4 Å². The van der Waals surface area contributed by atoms with Gasteiger partial charge >= 0.3 is 0 Å². The topological polar surface area (TPSA) is 29.5 Å². The summed E-state index contributed by atoms with van der Waals surface area (Å²) in [5.41, 5.74) is -0.0518. The molecule has 1 aliphatic carbocycles. The van der Waals surface area contributed by atoms with Gasteiger partial charge in [-0.1, -0.05) is 33.1 Å². The minimum absolute atomic E-state index is 0.0518. The van der Waals surface area contributed by atoms with Crippen LogP contribution in [-0.2, 0) is 9.53 Å². The van der Waals surface area contributed by atoms with Crippen molar-refractivity contribution in [2.24, 2.45) is 11.3 Å². The number of morpholine rings is 1. The standard InChI is InChI=1S/C15H27NO2/c1-13(2)12-15(6-4-3-5-7-15)14(17)16-8-10-18-11-9-16/h13H,3-12H2,1-2H3. The van der Waals surface area contributed by atoms with E-state index in [1.807, 2.05) is 0 Å². The number of carbonyl (C=O) groups is 1. The van der Waals surface area contributed by atoms with E-state index in [0.29, 0.717) is 25.0 Å². The van der Waals surface area contributed by atoms with Crippen molar-refractivity contribution in [3.8, 4) is 0 Å². The lowest BCUT2D eigenvalue weighted by molar-refractivity contribution is -0.149. The fraction of sp³-hybridized carbons (Fsp3) is 0.933. The van der Waals surface area contributed by atoms with Crippen LogP contribution in [0.15, 0.2) is 0 Å². The van der Waals surface area contributed by atoms with E-state index >= 15 is 0 Å². The highest BCUT2D eigenvalue weighted by atomic mass is 16.5. The van der Waals surface area contributed by atoms with Gasteiger partial charge in [-0.2, -0.15) is 0 Å². The van der Waals surface area contributed by atoms with E-state index in [1.165, 1.54) is 19.3 Å². The minimum atomic E-state index is -0.0518. The van der Waals surface area contributed by atoms with Crippen molar-refractivity contribution in [3.05, 3.63) is 0 Å². The minimum Gasteiger partial charge on any atom is -0.378 e. The Morgan fingerprint density at radius 3 is 2.33 bits per heavy atom. The number of nitrogens with zero attached hydrogens (tertiary/aromatic N) is 1. The quantitative estimate of drug-likeness (QED) is 0.774. The lowest BCUT2D eigenvalue weighted by Gasteiger charge is -2.42. The lowest BCUT2D eigenvalue weighted by Crippen LogP contribution is -2.50. The van der Waals surface area contributed by atoms with Crippen molar-refractivity contribution < 1.29 is 9.53 Å². The Kier molecular flexibility index (Phi) is 4.66. The molecule has 2 rings (SSSR count). The van der Waals surface area contributed by atoms with Gasteiger partial charge in [-0.05, 0) is 25.2 Å². The maximum absolute atomic E-state index is 12.9. The average Bonchev–Trinajstić information content (AvgIpc) is 2.39. The van der Waals surface area contributed by atoms with Gasteiger partial charge in [0.2, 0.25) is 5.91 Å². The van der Waals surface area contributed by atoms with Gasteiger partial charge in [-0.15, -0.1) is 0 Å². The zero-order chi connectivity index (χ0) is 13.0. The summed E-state index contributed by atoms with van der Waals surface area (Å²) >= 11 is 0. The van der Waals surface area contributed by atoms with E-state index in [9.17, 15) is 4.79 Å². The third kappa shape index (κ3) is 3.05. The molecule has 18 heavy (non-hydrogen) atoms. The zero-order valence-electron chi connectivity index (χ0n) is 11.9. The summed E-state index contributed by atoms with van der Waals surface area (Å²) in [5, 5.41) is 0. The third-order valence-corrected chi connectivity index (χ3v) is 4.36. The largest absolute Gasteiger partial charge is 0.378 e. The van der Waals surface area contributed by atoms with Crippen molar-refractivity contribution in [1.29, 1.82) is 0 Å². The van der Waals surface area contributed by atoms with Crippen molar-refractivity contribution >= 4 is 5.91 Å².